The number of methoxy groups -OCH3 is 3. The molecule has 28 heavy (non-hydrogen) atoms. The molecule has 1 heterocycles. The van der Waals surface area contributed by atoms with Crippen LogP contribution in [0.15, 0.2) is 9.21 Å². The third-order valence-corrected chi connectivity index (χ3v) is 5.29. The summed E-state index contributed by atoms with van der Waals surface area (Å²) < 4.78 is 21.5. The molecule has 0 aliphatic heterocycles. The first-order chi connectivity index (χ1) is 13.4. The molecule has 0 spiro atoms. The molecule has 1 aliphatic rings. The van der Waals surface area contributed by atoms with Crippen LogP contribution >= 0.6 is 0 Å². The molecule has 0 unspecified atom stereocenters. The Morgan fingerprint density at radius 3 is 2.18 bits per heavy atom. The number of ether oxygens (including phenoxy) is 3. The minimum absolute atomic E-state index is 0.0180. The highest BCUT2D eigenvalue weighted by Crippen LogP contribution is 2.53. The van der Waals surface area contributed by atoms with Crippen molar-refractivity contribution in [2.45, 2.75) is 44.4 Å². The van der Waals surface area contributed by atoms with Gasteiger partial charge in [0.1, 0.15) is 0 Å². The maximum absolute atomic E-state index is 12.8. The largest absolute Gasteiger partial charge is 0.502 e. The number of carboxylic acid groups (broad SMARTS) is 1. The lowest BCUT2D eigenvalue weighted by Gasteiger charge is -2.26. The van der Waals surface area contributed by atoms with E-state index in [9.17, 15) is 19.8 Å². The highest BCUT2D eigenvalue weighted by atomic mass is 16.5. The number of rotatable bonds is 6. The molecule has 2 aromatic rings. The molecule has 0 amide bonds. The molecule has 8 heteroatoms. The van der Waals surface area contributed by atoms with Gasteiger partial charge < -0.3 is 28.8 Å². The summed E-state index contributed by atoms with van der Waals surface area (Å²) in [7, 11) is 4.10. The van der Waals surface area contributed by atoms with E-state index in [1.807, 2.05) is 0 Å². The lowest BCUT2D eigenvalue weighted by atomic mass is 9.80. The Labute approximate surface area is 161 Å². The smallest absolute Gasteiger partial charge is 0.340 e. The van der Waals surface area contributed by atoms with Crippen molar-refractivity contribution in [1.82, 2.24) is 0 Å². The molecule has 152 valence electrons. The monoisotopic (exact) mass is 392 g/mol. The molecule has 2 N–H and O–H groups in total. The number of aliphatic carboxylic acids is 1. The van der Waals surface area contributed by atoms with E-state index in [4.69, 9.17) is 18.6 Å². The van der Waals surface area contributed by atoms with E-state index in [1.54, 1.807) is 0 Å². The quantitative estimate of drug-likeness (QED) is 0.720. The first kappa shape index (κ1) is 19.9. The van der Waals surface area contributed by atoms with Crippen LogP contribution in [0.4, 0.5) is 0 Å². The van der Waals surface area contributed by atoms with Crippen LogP contribution in [0.5, 0.6) is 23.0 Å². The third kappa shape index (κ3) is 3.23. The predicted molar refractivity (Wildman–Crippen MR) is 101 cm³/mol. The van der Waals surface area contributed by atoms with Gasteiger partial charge in [0.2, 0.25) is 17.2 Å². The topological polar surface area (TPSA) is 115 Å². The van der Waals surface area contributed by atoms with Gasteiger partial charge in [-0.2, -0.15) is 0 Å². The van der Waals surface area contributed by atoms with Crippen molar-refractivity contribution in [3.63, 3.8) is 0 Å². The molecule has 3 rings (SSSR count). The van der Waals surface area contributed by atoms with Gasteiger partial charge in [0.05, 0.1) is 38.7 Å². The van der Waals surface area contributed by atoms with Crippen LogP contribution in [-0.4, -0.2) is 37.5 Å². The zero-order valence-corrected chi connectivity index (χ0v) is 16.2. The Kier molecular flexibility index (Phi) is 5.67. The van der Waals surface area contributed by atoms with Crippen molar-refractivity contribution in [2.24, 2.45) is 0 Å². The second-order valence-corrected chi connectivity index (χ2v) is 6.84. The highest BCUT2D eigenvalue weighted by molar-refractivity contribution is 5.98. The van der Waals surface area contributed by atoms with Gasteiger partial charge in [-0.1, -0.05) is 19.3 Å². The van der Waals surface area contributed by atoms with Crippen LogP contribution in [0.1, 0.15) is 49.1 Å². The van der Waals surface area contributed by atoms with E-state index in [2.05, 4.69) is 0 Å². The number of fused-ring (bicyclic) bond motifs is 1. The number of phenols is 1. The molecule has 0 bridgehead atoms. The molecule has 0 saturated heterocycles. The lowest BCUT2D eigenvalue weighted by Crippen LogP contribution is -2.20. The molecule has 0 atom stereocenters. The molecular formula is C20H24O8. The normalized spacial score (nSPS) is 14.8. The average molecular weight is 392 g/mol. The Bertz CT molecular complexity index is 953. The minimum atomic E-state index is -1.13. The fraction of sp³-hybridized carbons (Fsp3) is 0.500. The van der Waals surface area contributed by atoms with E-state index in [0.29, 0.717) is 10.9 Å². The van der Waals surface area contributed by atoms with Crippen LogP contribution in [-0.2, 0) is 11.2 Å². The van der Waals surface area contributed by atoms with Crippen LogP contribution in [0.3, 0.4) is 0 Å². The molecule has 0 radical (unpaired) electrons. The number of carboxylic acids is 1. The molecule has 1 aliphatic carbocycles. The van der Waals surface area contributed by atoms with Gasteiger partial charge in [-0.05, 0) is 24.3 Å². The van der Waals surface area contributed by atoms with Gasteiger partial charge >= 0.3 is 11.6 Å². The molecule has 1 aromatic carbocycles. The van der Waals surface area contributed by atoms with Crippen molar-refractivity contribution in [1.29, 1.82) is 0 Å². The zero-order valence-electron chi connectivity index (χ0n) is 16.2. The number of phenolic OH excluding ortho intramolecular Hbond substituents is 1. The summed E-state index contributed by atoms with van der Waals surface area (Å²) >= 11 is 0. The fourth-order valence-corrected chi connectivity index (χ4v) is 4.14. The Hall–Kier alpha value is -2.90. The number of hydrogen-bond acceptors (Lipinski definition) is 7. The molecule has 8 nitrogen and oxygen atoms in total. The second kappa shape index (κ2) is 8.00. The number of carbonyl (C=O) groups is 1. The summed E-state index contributed by atoms with van der Waals surface area (Å²) in [6, 6.07) is 0. The minimum Gasteiger partial charge on any atom is -0.502 e. The summed E-state index contributed by atoms with van der Waals surface area (Å²) in [5, 5.41) is 20.4. The third-order valence-electron chi connectivity index (χ3n) is 5.29. The number of aromatic hydroxyl groups is 1. The first-order valence-electron chi connectivity index (χ1n) is 9.16. The standard InChI is InChI=1S/C20H24O8/c1-25-16-14-13(10-7-5-4-6-8-10)11(9-12(21)22)20(24)28-17(14)19(27-3)18(26-2)15(16)23/h10,23H,4-9H2,1-3H3,(H,21,22). The van der Waals surface area contributed by atoms with Gasteiger partial charge in [0, 0.05) is 0 Å². The predicted octanol–water partition coefficient (Wildman–Crippen LogP) is 3.20. The molecule has 1 saturated carbocycles. The Morgan fingerprint density at radius 1 is 1.04 bits per heavy atom. The Morgan fingerprint density at radius 2 is 1.64 bits per heavy atom. The first-order valence-corrected chi connectivity index (χ1v) is 9.16. The van der Waals surface area contributed by atoms with Crippen molar-refractivity contribution in [3.8, 4) is 23.0 Å². The maximum Gasteiger partial charge on any atom is 0.340 e. The zero-order chi connectivity index (χ0) is 20.4. The van der Waals surface area contributed by atoms with Gasteiger partial charge in [0.25, 0.3) is 0 Å². The van der Waals surface area contributed by atoms with Crippen LogP contribution in [0, 0.1) is 0 Å². The SMILES string of the molecule is COc1c(O)c(OC)c2c(C3CCCCC3)c(CC(=O)O)c(=O)oc2c1OC. The van der Waals surface area contributed by atoms with Crippen molar-refractivity contribution in [3.05, 3.63) is 21.5 Å². The van der Waals surface area contributed by atoms with Crippen molar-refractivity contribution < 1.29 is 33.6 Å². The second-order valence-electron chi connectivity index (χ2n) is 6.84. The highest BCUT2D eigenvalue weighted by Gasteiger charge is 2.32. The summed E-state index contributed by atoms with van der Waals surface area (Å²) in [4.78, 5) is 24.2. The summed E-state index contributed by atoms with van der Waals surface area (Å²) in [6.07, 6.45) is 4.18. The van der Waals surface area contributed by atoms with Gasteiger partial charge in [-0.15, -0.1) is 0 Å². The molecule has 1 aromatic heterocycles. The summed E-state index contributed by atoms with van der Waals surface area (Å²) in [5.74, 6) is -1.35. The van der Waals surface area contributed by atoms with Gasteiger partial charge in [-0.3, -0.25) is 4.79 Å². The van der Waals surface area contributed by atoms with E-state index < -0.39 is 18.0 Å². The summed E-state index contributed by atoms with van der Waals surface area (Å²) in [6.45, 7) is 0. The number of hydrogen-bond donors (Lipinski definition) is 2. The van der Waals surface area contributed by atoms with E-state index in [1.165, 1.54) is 21.3 Å². The molecular weight excluding hydrogens is 368 g/mol. The van der Waals surface area contributed by atoms with Crippen molar-refractivity contribution in [2.75, 3.05) is 21.3 Å². The lowest BCUT2D eigenvalue weighted by molar-refractivity contribution is -0.136. The van der Waals surface area contributed by atoms with Crippen molar-refractivity contribution >= 4 is 16.9 Å². The van der Waals surface area contributed by atoms with E-state index >= 15 is 0 Å². The maximum atomic E-state index is 12.8. The average Bonchev–Trinajstić information content (AvgIpc) is 2.68. The fourth-order valence-electron chi connectivity index (χ4n) is 4.14. The Balaban J connectivity index is 2.50. The van der Waals surface area contributed by atoms with Gasteiger partial charge in [-0.25, -0.2) is 4.79 Å². The van der Waals surface area contributed by atoms with E-state index in [0.717, 1.165) is 32.1 Å². The molecule has 1 fully saturated rings. The van der Waals surface area contributed by atoms with Gasteiger partial charge in [0.15, 0.2) is 11.3 Å². The van der Waals surface area contributed by atoms with Crippen LogP contribution in [0.25, 0.3) is 11.0 Å². The van der Waals surface area contributed by atoms with Crippen LogP contribution in [0.2, 0.25) is 0 Å². The number of benzene rings is 1. The summed E-state index contributed by atoms with van der Waals surface area (Å²) in [5.41, 5.74) is -0.0180. The van der Waals surface area contributed by atoms with Crippen LogP contribution < -0.4 is 19.8 Å². The van der Waals surface area contributed by atoms with E-state index in [-0.39, 0.29) is 40.1 Å².